The molecule has 0 aliphatic carbocycles. The Morgan fingerprint density at radius 2 is 1.79 bits per heavy atom. The molecule has 1 atom stereocenters. The Hall–Kier alpha value is -2.30. The minimum absolute atomic E-state index is 0.157. The van der Waals surface area contributed by atoms with Gasteiger partial charge in [-0.15, -0.1) is 0 Å². The summed E-state index contributed by atoms with van der Waals surface area (Å²) in [4.78, 5) is 16.3. The van der Waals surface area contributed by atoms with E-state index in [0.717, 1.165) is 5.56 Å². The van der Waals surface area contributed by atoms with E-state index in [0.29, 0.717) is 17.1 Å². The summed E-state index contributed by atoms with van der Waals surface area (Å²) in [5.41, 5.74) is 0.597. The second-order valence-electron chi connectivity index (χ2n) is 5.13. The van der Waals surface area contributed by atoms with Crippen LogP contribution in [-0.2, 0) is 6.54 Å². The van der Waals surface area contributed by atoms with Crippen molar-refractivity contribution in [1.82, 2.24) is 9.55 Å². The summed E-state index contributed by atoms with van der Waals surface area (Å²) in [7, 11) is 0. The summed E-state index contributed by atoms with van der Waals surface area (Å²) < 4.78 is 7.02. The highest BCUT2D eigenvalue weighted by Crippen LogP contribution is 2.29. The lowest BCUT2D eigenvalue weighted by molar-refractivity contribution is 0.274. The van der Waals surface area contributed by atoms with E-state index in [1.165, 1.54) is 17.0 Å². The minimum atomic E-state index is -0.824. The molecular formula is C18H14Cl2N2O2. The van der Waals surface area contributed by atoms with E-state index in [2.05, 4.69) is 4.98 Å². The lowest BCUT2D eigenvalue weighted by Gasteiger charge is -2.14. The van der Waals surface area contributed by atoms with Crippen LogP contribution in [0.3, 0.4) is 0 Å². The van der Waals surface area contributed by atoms with E-state index < -0.39 is 5.56 Å². The molecule has 0 fully saturated rings. The van der Waals surface area contributed by atoms with Gasteiger partial charge in [-0.05, 0) is 11.6 Å². The van der Waals surface area contributed by atoms with Crippen LogP contribution >= 0.6 is 23.2 Å². The van der Waals surface area contributed by atoms with Gasteiger partial charge in [-0.3, -0.25) is 9.36 Å². The van der Waals surface area contributed by atoms with Gasteiger partial charge in [-0.1, -0.05) is 71.7 Å². The Morgan fingerprint density at radius 3 is 2.50 bits per heavy atom. The molecule has 0 saturated carbocycles. The van der Waals surface area contributed by atoms with Gasteiger partial charge in [0, 0.05) is 10.6 Å². The van der Waals surface area contributed by atoms with Crippen molar-refractivity contribution in [2.24, 2.45) is 0 Å². The molecule has 3 rings (SSSR count). The standard InChI is InChI=1S/C18H14Cl2N2O2/c19-15-9-5-4-8-14(15)18(20)24-16-10-17(23)22(12-21-16)11-13-6-2-1-3-7-13/h1-10,12,18H,11H2. The van der Waals surface area contributed by atoms with Crippen molar-refractivity contribution < 1.29 is 4.74 Å². The van der Waals surface area contributed by atoms with Crippen LogP contribution in [0.4, 0.5) is 0 Å². The number of ether oxygens (including phenoxy) is 1. The first-order chi connectivity index (χ1) is 11.6. The highest BCUT2D eigenvalue weighted by molar-refractivity contribution is 6.32. The lowest BCUT2D eigenvalue weighted by atomic mass is 10.2. The molecule has 122 valence electrons. The average molecular weight is 361 g/mol. The maximum atomic E-state index is 12.2. The van der Waals surface area contributed by atoms with E-state index in [4.69, 9.17) is 27.9 Å². The third kappa shape index (κ3) is 3.96. The molecule has 0 bridgehead atoms. The summed E-state index contributed by atoms with van der Waals surface area (Å²) in [6.45, 7) is 0.446. The normalized spacial score (nSPS) is 11.9. The van der Waals surface area contributed by atoms with Crippen LogP contribution in [-0.4, -0.2) is 9.55 Å². The number of hydrogen-bond acceptors (Lipinski definition) is 3. The molecule has 6 heteroatoms. The molecule has 1 heterocycles. The maximum absolute atomic E-state index is 12.2. The molecule has 3 aromatic rings. The van der Waals surface area contributed by atoms with E-state index in [1.807, 2.05) is 36.4 Å². The van der Waals surface area contributed by atoms with Gasteiger partial charge in [-0.2, -0.15) is 0 Å². The number of rotatable bonds is 5. The van der Waals surface area contributed by atoms with Gasteiger partial charge in [0.05, 0.1) is 12.6 Å². The molecule has 1 unspecified atom stereocenters. The molecule has 0 aliphatic rings. The third-order valence-corrected chi connectivity index (χ3v) is 4.09. The van der Waals surface area contributed by atoms with Crippen molar-refractivity contribution in [3.05, 3.63) is 93.5 Å². The monoisotopic (exact) mass is 360 g/mol. The molecule has 0 saturated heterocycles. The fourth-order valence-electron chi connectivity index (χ4n) is 2.20. The lowest BCUT2D eigenvalue weighted by Crippen LogP contribution is -2.20. The number of hydrogen-bond donors (Lipinski definition) is 0. The van der Waals surface area contributed by atoms with Crippen LogP contribution < -0.4 is 10.3 Å². The second kappa shape index (κ2) is 7.51. The fourth-order valence-corrected chi connectivity index (χ4v) is 2.77. The van der Waals surface area contributed by atoms with Crippen LogP contribution in [0.2, 0.25) is 5.02 Å². The molecule has 2 aromatic carbocycles. The minimum Gasteiger partial charge on any atom is -0.453 e. The summed E-state index contributed by atoms with van der Waals surface area (Å²) in [5.74, 6) is 0.157. The van der Waals surface area contributed by atoms with E-state index in [9.17, 15) is 4.79 Å². The van der Waals surface area contributed by atoms with Gasteiger partial charge in [0.1, 0.15) is 6.33 Å². The van der Waals surface area contributed by atoms with Crippen LogP contribution in [0.15, 0.2) is 71.8 Å². The van der Waals surface area contributed by atoms with Crippen molar-refractivity contribution in [2.45, 2.75) is 12.1 Å². The molecule has 1 aromatic heterocycles. The van der Waals surface area contributed by atoms with Crippen LogP contribution in [0.1, 0.15) is 16.7 Å². The highest BCUT2D eigenvalue weighted by atomic mass is 35.5. The van der Waals surface area contributed by atoms with Gasteiger partial charge in [0.25, 0.3) is 5.56 Å². The topological polar surface area (TPSA) is 44.1 Å². The molecule has 0 radical (unpaired) electrons. The zero-order valence-electron chi connectivity index (χ0n) is 12.6. The van der Waals surface area contributed by atoms with Crippen molar-refractivity contribution in [1.29, 1.82) is 0 Å². The van der Waals surface area contributed by atoms with E-state index >= 15 is 0 Å². The predicted octanol–water partition coefficient (Wildman–Crippen LogP) is 4.26. The molecule has 24 heavy (non-hydrogen) atoms. The van der Waals surface area contributed by atoms with Gasteiger partial charge in [0.2, 0.25) is 11.4 Å². The molecule has 0 aliphatic heterocycles. The number of nitrogens with zero attached hydrogens (tertiary/aromatic N) is 2. The van der Waals surface area contributed by atoms with E-state index in [-0.39, 0.29) is 11.4 Å². The number of alkyl halides is 1. The van der Waals surface area contributed by atoms with Crippen molar-refractivity contribution >= 4 is 23.2 Å². The Labute approximate surface area is 149 Å². The van der Waals surface area contributed by atoms with Crippen molar-refractivity contribution in [2.75, 3.05) is 0 Å². The van der Waals surface area contributed by atoms with Crippen LogP contribution in [0, 0.1) is 0 Å². The Kier molecular flexibility index (Phi) is 5.18. The Balaban J connectivity index is 1.75. The van der Waals surface area contributed by atoms with Crippen LogP contribution in [0.5, 0.6) is 5.88 Å². The highest BCUT2D eigenvalue weighted by Gasteiger charge is 2.14. The third-order valence-electron chi connectivity index (χ3n) is 3.42. The summed E-state index contributed by atoms with van der Waals surface area (Å²) >= 11 is 12.3. The number of halogens is 2. The molecule has 0 amide bonds. The van der Waals surface area contributed by atoms with Crippen molar-refractivity contribution in [3.63, 3.8) is 0 Å². The Bertz CT molecular complexity index is 881. The average Bonchev–Trinajstić information content (AvgIpc) is 2.58. The van der Waals surface area contributed by atoms with Gasteiger partial charge < -0.3 is 4.74 Å². The fraction of sp³-hybridized carbons (Fsp3) is 0.111. The predicted molar refractivity (Wildman–Crippen MR) is 94.7 cm³/mol. The number of aromatic nitrogens is 2. The molecule has 0 spiro atoms. The zero-order chi connectivity index (χ0) is 16.9. The van der Waals surface area contributed by atoms with Gasteiger partial charge in [-0.25, -0.2) is 4.98 Å². The largest absolute Gasteiger partial charge is 0.453 e. The zero-order valence-corrected chi connectivity index (χ0v) is 14.1. The van der Waals surface area contributed by atoms with Gasteiger partial charge >= 0.3 is 0 Å². The van der Waals surface area contributed by atoms with E-state index in [1.54, 1.807) is 18.2 Å². The van der Waals surface area contributed by atoms with Gasteiger partial charge in [0.15, 0.2) is 0 Å². The first-order valence-corrected chi connectivity index (χ1v) is 8.10. The second-order valence-corrected chi connectivity index (χ2v) is 5.94. The molecular weight excluding hydrogens is 347 g/mol. The maximum Gasteiger partial charge on any atom is 0.257 e. The summed E-state index contributed by atoms with van der Waals surface area (Å²) in [5, 5.41) is 0.495. The van der Waals surface area contributed by atoms with Crippen molar-refractivity contribution in [3.8, 4) is 5.88 Å². The molecule has 0 N–H and O–H groups in total. The first kappa shape index (κ1) is 16.6. The summed E-state index contributed by atoms with van der Waals surface area (Å²) in [6.07, 6.45) is 1.45. The first-order valence-electron chi connectivity index (χ1n) is 7.29. The smallest absolute Gasteiger partial charge is 0.257 e. The SMILES string of the molecule is O=c1cc(OC(Cl)c2ccccc2Cl)ncn1Cc1ccccc1. The summed E-state index contributed by atoms with van der Waals surface area (Å²) in [6, 6.07) is 18.1. The molecule has 4 nitrogen and oxygen atoms in total. The van der Waals surface area contributed by atoms with Crippen LogP contribution in [0.25, 0.3) is 0 Å². The Morgan fingerprint density at radius 1 is 1.08 bits per heavy atom. The quantitative estimate of drug-likeness (QED) is 0.638. The number of benzene rings is 2.